The van der Waals surface area contributed by atoms with Crippen LogP contribution in [0.4, 0.5) is 18.9 Å². The van der Waals surface area contributed by atoms with Crippen LogP contribution in [0.1, 0.15) is 23.6 Å². The first-order valence-electron chi connectivity index (χ1n) is 11.3. The van der Waals surface area contributed by atoms with Crippen molar-refractivity contribution >= 4 is 23.4 Å². The molecule has 10 heteroatoms. The van der Waals surface area contributed by atoms with E-state index in [4.69, 9.17) is 15.9 Å². The van der Waals surface area contributed by atoms with Gasteiger partial charge in [0, 0.05) is 56.4 Å². The van der Waals surface area contributed by atoms with Crippen molar-refractivity contribution in [3.63, 3.8) is 0 Å². The van der Waals surface area contributed by atoms with E-state index in [9.17, 15) is 18.0 Å². The van der Waals surface area contributed by atoms with Crippen LogP contribution in [0.3, 0.4) is 0 Å². The van der Waals surface area contributed by atoms with Crippen molar-refractivity contribution in [2.45, 2.75) is 19.6 Å². The zero-order chi connectivity index (χ0) is 25.4. The summed E-state index contributed by atoms with van der Waals surface area (Å²) in [5.74, 6) is -0.174. The number of carbonyl (C=O) groups excluding carboxylic acids is 1. The predicted molar refractivity (Wildman–Crippen MR) is 130 cm³/mol. The Morgan fingerprint density at radius 3 is 2.34 bits per heavy atom. The molecule has 0 atom stereocenters. The standard InChI is InChI=1S/C25H30F3N5O2/c1-2-32-9-11-33(12-10-32)16-19-3-6-21(13-23(19)25(26,27)28)31-24(34)17-35-22-7-4-18(5-8-22)20(14-29)15-30/h3-8,13-15,29H,2,9-12,16-17,30H2,1H3,(H,31,34)/b20-15+,29-14?. The third-order valence-corrected chi connectivity index (χ3v) is 5.90. The lowest BCUT2D eigenvalue weighted by molar-refractivity contribution is -0.138. The lowest BCUT2D eigenvalue weighted by Crippen LogP contribution is -2.45. The third-order valence-electron chi connectivity index (χ3n) is 5.90. The number of allylic oxidation sites excluding steroid dienone is 1. The molecule has 1 amide bonds. The number of hydrogen-bond acceptors (Lipinski definition) is 6. The second-order valence-electron chi connectivity index (χ2n) is 8.21. The van der Waals surface area contributed by atoms with E-state index in [1.807, 2.05) is 4.90 Å². The van der Waals surface area contributed by atoms with Crippen LogP contribution in [0.2, 0.25) is 0 Å². The highest BCUT2D eigenvalue weighted by Crippen LogP contribution is 2.34. The molecule has 0 radical (unpaired) electrons. The van der Waals surface area contributed by atoms with Crippen LogP contribution in [0, 0.1) is 5.41 Å². The van der Waals surface area contributed by atoms with Crippen molar-refractivity contribution in [2.75, 3.05) is 44.6 Å². The molecule has 1 heterocycles. The van der Waals surface area contributed by atoms with E-state index >= 15 is 0 Å². The van der Waals surface area contributed by atoms with Crippen molar-refractivity contribution in [3.8, 4) is 5.75 Å². The Morgan fingerprint density at radius 2 is 1.77 bits per heavy atom. The summed E-state index contributed by atoms with van der Waals surface area (Å²) in [7, 11) is 0. The highest BCUT2D eigenvalue weighted by molar-refractivity contribution is 6.08. The first-order chi connectivity index (χ1) is 16.7. The van der Waals surface area contributed by atoms with E-state index in [0.717, 1.165) is 31.9 Å². The number of benzene rings is 2. The van der Waals surface area contributed by atoms with Crippen LogP contribution < -0.4 is 15.8 Å². The van der Waals surface area contributed by atoms with Gasteiger partial charge < -0.3 is 26.1 Å². The first kappa shape index (κ1) is 26.2. The number of ether oxygens (including phenoxy) is 1. The number of nitrogens with two attached hydrogens (primary N) is 1. The minimum absolute atomic E-state index is 0.0598. The number of amides is 1. The molecule has 0 aliphatic carbocycles. The van der Waals surface area contributed by atoms with Gasteiger partial charge in [0.15, 0.2) is 6.61 Å². The highest BCUT2D eigenvalue weighted by atomic mass is 19.4. The van der Waals surface area contributed by atoms with Crippen LogP contribution in [0.25, 0.3) is 5.57 Å². The monoisotopic (exact) mass is 489 g/mol. The van der Waals surface area contributed by atoms with Crippen molar-refractivity contribution in [3.05, 3.63) is 65.4 Å². The molecule has 1 fully saturated rings. The average Bonchev–Trinajstić information content (AvgIpc) is 2.85. The quantitative estimate of drug-likeness (QED) is 0.466. The molecule has 1 aliphatic heterocycles. The molecule has 4 N–H and O–H groups in total. The molecule has 2 aromatic rings. The van der Waals surface area contributed by atoms with E-state index < -0.39 is 17.6 Å². The molecule has 1 aliphatic rings. The number of hydrogen-bond donors (Lipinski definition) is 3. The number of rotatable bonds is 9. The normalized spacial score (nSPS) is 15.6. The maximum Gasteiger partial charge on any atom is 0.416 e. The molecular weight excluding hydrogens is 459 g/mol. The van der Waals surface area contributed by atoms with Gasteiger partial charge in [-0.05, 0) is 41.9 Å². The Morgan fingerprint density at radius 1 is 1.11 bits per heavy atom. The molecule has 0 aromatic heterocycles. The molecule has 188 valence electrons. The van der Waals surface area contributed by atoms with Gasteiger partial charge in [0.2, 0.25) is 0 Å². The number of nitrogens with zero attached hydrogens (tertiary/aromatic N) is 2. The summed E-state index contributed by atoms with van der Waals surface area (Å²) < 4.78 is 46.7. The number of alkyl halides is 3. The SMILES string of the molecule is CCN1CCN(Cc2ccc(NC(=O)COc3ccc(/C(C=N)=C/N)cc3)cc2C(F)(F)F)CC1. The van der Waals surface area contributed by atoms with Gasteiger partial charge in [-0.3, -0.25) is 9.69 Å². The maximum absolute atomic E-state index is 13.8. The maximum atomic E-state index is 13.8. The largest absolute Gasteiger partial charge is 0.484 e. The van der Waals surface area contributed by atoms with Gasteiger partial charge >= 0.3 is 6.18 Å². The minimum Gasteiger partial charge on any atom is -0.484 e. The summed E-state index contributed by atoms with van der Waals surface area (Å²) >= 11 is 0. The zero-order valence-corrected chi connectivity index (χ0v) is 19.6. The van der Waals surface area contributed by atoms with E-state index in [1.54, 1.807) is 24.3 Å². The van der Waals surface area contributed by atoms with Gasteiger partial charge in [0.05, 0.1) is 5.56 Å². The summed E-state index contributed by atoms with van der Waals surface area (Å²) in [5, 5.41) is 9.79. The van der Waals surface area contributed by atoms with Crippen molar-refractivity contribution in [1.29, 1.82) is 5.41 Å². The smallest absolute Gasteiger partial charge is 0.416 e. The molecule has 1 saturated heterocycles. The second-order valence-corrected chi connectivity index (χ2v) is 8.21. The molecule has 7 nitrogen and oxygen atoms in total. The van der Waals surface area contributed by atoms with Crippen LogP contribution >= 0.6 is 0 Å². The highest BCUT2D eigenvalue weighted by Gasteiger charge is 2.34. The van der Waals surface area contributed by atoms with E-state index in [1.165, 1.54) is 18.3 Å². The Bertz CT molecular complexity index is 1050. The van der Waals surface area contributed by atoms with Crippen molar-refractivity contribution in [2.24, 2.45) is 5.73 Å². The van der Waals surface area contributed by atoms with Gasteiger partial charge in [-0.1, -0.05) is 25.1 Å². The molecular formula is C25H30F3N5O2. The third kappa shape index (κ3) is 7.30. The Balaban J connectivity index is 1.61. The number of anilines is 1. The number of piperazine rings is 1. The van der Waals surface area contributed by atoms with Crippen LogP contribution in [0.5, 0.6) is 5.75 Å². The summed E-state index contributed by atoms with van der Waals surface area (Å²) in [6.45, 7) is 5.95. The minimum atomic E-state index is -4.53. The van der Waals surface area contributed by atoms with Gasteiger partial charge in [-0.15, -0.1) is 0 Å². The molecule has 0 saturated carbocycles. The predicted octanol–water partition coefficient (Wildman–Crippen LogP) is 3.81. The van der Waals surface area contributed by atoms with Crippen molar-refractivity contribution < 1.29 is 22.7 Å². The average molecular weight is 490 g/mol. The summed E-state index contributed by atoms with van der Waals surface area (Å²) in [4.78, 5) is 16.6. The summed E-state index contributed by atoms with van der Waals surface area (Å²) in [6.07, 6.45) is -2.10. The van der Waals surface area contributed by atoms with Crippen LogP contribution in [-0.2, 0) is 17.5 Å². The van der Waals surface area contributed by atoms with Gasteiger partial charge in [-0.2, -0.15) is 13.2 Å². The Labute approximate surface area is 202 Å². The zero-order valence-electron chi connectivity index (χ0n) is 19.6. The Hall–Kier alpha value is -3.37. The molecule has 2 aromatic carbocycles. The van der Waals surface area contributed by atoms with Gasteiger partial charge in [-0.25, -0.2) is 0 Å². The van der Waals surface area contributed by atoms with Crippen molar-refractivity contribution in [1.82, 2.24) is 9.80 Å². The van der Waals surface area contributed by atoms with E-state index in [2.05, 4.69) is 17.1 Å². The van der Waals surface area contributed by atoms with E-state index in [-0.39, 0.29) is 24.4 Å². The molecule has 0 unspecified atom stereocenters. The lowest BCUT2D eigenvalue weighted by Gasteiger charge is -2.34. The first-order valence-corrected chi connectivity index (χ1v) is 11.3. The summed E-state index contributed by atoms with van der Waals surface area (Å²) in [5.41, 5.74) is 6.20. The number of nitrogens with one attached hydrogen (secondary N) is 2. The van der Waals surface area contributed by atoms with Crippen LogP contribution in [-0.4, -0.2) is 61.3 Å². The lowest BCUT2D eigenvalue weighted by atomic mass is 10.0. The summed E-state index contributed by atoms with van der Waals surface area (Å²) in [6, 6.07) is 10.5. The fraction of sp³-hybridized carbons (Fsp3) is 0.360. The molecule has 3 rings (SSSR count). The van der Waals surface area contributed by atoms with E-state index in [0.29, 0.717) is 30.0 Å². The number of halogens is 3. The molecule has 0 bridgehead atoms. The molecule has 0 spiro atoms. The topological polar surface area (TPSA) is 94.7 Å². The fourth-order valence-corrected chi connectivity index (χ4v) is 3.88. The number of carbonyl (C=O) groups is 1. The molecule has 35 heavy (non-hydrogen) atoms. The van der Waals surface area contributed by atoms with Crippen LogP contribution in [0.15, 0.2) is 48.7 Å². The Kier molecular flexibility index (Phi) is 8.89. The van der Waals surface area contributed by atoms with Gasteiger partial charge in [0.1, 0.15) is 5.75 Å². The fourth-order valence-electron chi connectivity index (χ4n) is 3.88. The second kappa shape index (κ2) is 11.9. The number of likely N-dealkylation sites (N-methyl/N-ethyl adjacent to an activating group) is 1. The van der Waals surface area contributed by atoms with Gasteiger partial charge in [0.25, 0.3) is 5.91 Å².